The molecule has 0 radical (unpaired) electrons. The molecule has 20 heavy (non-hydrogen) atoms. The van der Waals surface area contributed by atoms with Crippen LogP contribution in [0.5, 0.6) is 11.5 Å². The number of ether oxygens (including phenoxy) is 2. The zero-order chi connectivity index (χ0) is 14.5. The van der Waals surface area contributed by atoms with E-state index in [4.69, 9.17) is 9.47 Å². The van der Waals surface area contributed by atoms with Crippen LogP contribution >= 0.6 is 15.9 Å². The number of benzene rings is 1. The molecular formula is C14H18BrN3O2. The summed E-state index contributed by atoms with van der Waals surface area (Å²) in [5.41, 5.74) is 1.02. The Kier molecular flexibility index (Phi) is 5.24. The SMILES string of the molecule is COc1cc(CN2CCNCC2C#N)c(OC)cc1Br. The predicted octanol–water partition coefficient (Wildman–Crippen LogP) is 1.76. The second-order valence-corrected chi connectivity index (χ2v) is 5.47. The van der Waals surface area contributed by atoms with E-state index in [-0.39, 0.29) is 6.04 Å². The average molecular weight is 340 g/mol. The summed E-state index contributed by atoms with van der Waals surface area (Å²) in [6, 6.07) is 6.08. The predicted molar refractivity (Wildman–Crippen MR) is 79.9 cm³/mol. The van der Waals surface area contributed by atoms with Crippen molar-refractivity contribution in [3.63, 3.8) is 0 Å². The molecule has 0 spiro atoms. The van der Waals surface area contributed by atoms with E-state index in [1.807, 2.05) is 12.1 Å². The number of rotatable bonds is 4. The Balaban J connectivity index is 2.25. The van der Waals surface area contributed by atoms with Crippen LogP contribution in [0, 0.1) is 11.3 Å². The van der Waals surface area contributed by atoms with Crippen LogP contribution in [0.15, 0.2) is 16.6 Å². The summed E-state index contributed by atoms with van der Waals surface area (Å²) < 4.78 is 11.6. The summed E-state index contributed by atoms with van der Waals surface area (Å²) in [6.45, 7) is 3.12. The van der Waals surface area contributed by atoms with Crippen LogP contribution in [-0.2, 0) is 6.54 Å². The molecule has 1 aromatic rings. The number of nitriles is 1. The lowest BCUT2D eigenvalue weighted by Gasteiger charge is -2.32. The molecule has 5 nitrogen and oxygen atoms in total. The second kappa shape index (κ2) is 6.93. The third-order valence-electron chi connectivity index (χ3n) is 3.43. The normalized spacial score (nSPS) is 19.4. The summed E-state index contributed by atoms with van der Waals surface area (Å²) in [4.78, 5) is 2.15. The molecule has 1 fully saturated rings. The molecule has 1 aliphatic rings. The zero-order valence-electron chi connectivity index (χ0n) is 11.6. The van der Waals surface area contributed by atoms with Gasteiger partial charge in [-0.1, -0.05) is 0 Å². The molecule has 0 bridgehead atoms. The molecule has 1 aliphatic heterocycles. The fraction of sp³-hybridized carbons (Fsp3) is 0.500. The van der Waals surface area contributed by atoms with Gasteiger partial charge in [-0.05, 0) is 28.1 Å². The topological polar surface area (TPSA) is 57.5 Å². The van der Waals surface area contributed by atoms with Crippen molar-refractivity contribution in [3.05, 3.63) is 22.2 Å². The van der Waals surface area contributed by atoms with Gasteiger partial charge in [0.05, 0.1) is 24.8 Å². The maximum absolute atomic E-state index is 9.22. The maximum atomic E-state index is 9.22. The van der Waals surface area contributed by atoms with E-state index in [1.54, 1.807) is 14.2 Å². The molecule has 1 atom stereocenters. The fourth-order valence-electron chi connectivity index (χ4n) is 2.33. The highest BCUT2D eigenvalue weighted by Crippen LogP contribution is 2.33. The van der Waals surface area contributed by atoms with E-state index in [0.29, 0.717) is 13.1 Å². The van der Waals surface area contributed by atoms with E-state index in [0.717, 1.165) is 34.6 Å². The van der Waals surface area contributed by atoms with Crippen LogP contribution in [0.3, 0.4) is 0 Å². The maximum Gasteiger partial charge on any atom is 0.133 e. The minimum atomic E-state index is -0.108. The molecule has 1 aromatic carbocycles. The number of nitrogens with one attached hydrogen (secondary N) is 1. The lowest BCUT2D eigenvalue weighted by molar-refractivity contribution is 0.187. The smallest absolute Gasteiger partial charge is 0.133 e. The van der Waals surface area contributed by atoms with E-state index in [2.05, 4.69) is 32.2 Å². The van der Waals surface area contributed by atoms with Gasteiger partial charge in [-0.25, -0.2) is 0 Å². The Labute approximate surface area is 127 Å². The van der Waals surface area contributed by atoms with Gasteiger partial charge < -0.3 is 14.8 Å². The van der Waals surface area contributed by atoms with Gasteiger partial charge in [-0.3, -0.25) is 4.90 Å². The number of methoxy groups -OCH3 is 2. The third kappa shape index (κ3) is 3.23. The van der Waals surface area contributed by atoms with Gasteiger partial charge in [0.15, 0.2) is 0 Å². The highest BCUT2D eigenvalue weighted by molar-refractivity contribution is 9.10. The van der Waals surface area contributed by atoms with Crippen LogP contribution < -0.4 is 14.8 Å². The van der Waals surface area contributed by atoms with Gasteiger partial charge in [0.2, 0.25) is 0 Å². The zero-order valence-corrected chi connectivity index (χ0v) is 13.2. The van der Waals surface area contributed by atoms with E-state index >= 15 is 0 Å². The van der Waals surface area contributed by atoms with Gasteiger partial charge >= 0.3 is 0 Å². The van der Waals surface area contributed by atoms with E-state index in [1.165, 1.54) is 0 Å². The summed E-state index contributed by atoms with van der Waals surface area (Å²) in [5, 5.41) is 12.4. The first-order chi connectivity index (χ1) is 9.69. The van der Waals surface area contributed by atoms with E-state index < -0.39 is 0 Å². The molecule has 0 amide bonds. The lowest BCUT2D eigenvalue weighted by Crippen LogP contribution is -2.50. The summed E-state index contributed by atoms with van der Waals surface area (Å²) in [7, 11) is 3.29. The summed E-state index contributed by atoms with van der Waals surface area (Å²) >= 11 is 3.45. The van der Waals surface area contributed by atoms with Crippen LogP contribution in [0.2, 0.25) is 0 Å². The van der Waals surface area contributed by atoms with Crippen molar-refractivity contribution < 1.29 is 9.47 Å². The standard InChI is InChI=1S/C14H18BrN3O2/c1-19-13-6-12(15)14(20-2)5-10(13)9-18-4-3-17-8-11(18)7-16/h5-6,11,17H,3-4,8-9H2,1-2H3. The highest BCUT2D eigenvalue weighted by atomic mass is 79.9. The van der Waals surface area contributed by atoms with Gasteiger partial charge in [0.1, 0.15) is 17.5 Å². The minimum Gasteiger partial charge on any atom is -0.496 e. The largest absolute Gasteiger partial charge is 0.496 e. The van der Waals surface area contributed by atoms with Crippen molar-refractivity contribution in [2.24, 2.45) is 0 Å². The first kappa shape index (κ1) is 15.1. The molecule has 6 heteroatoms. The summed E-state index contributed by atoms with van der Waals surface area (Å²) in [6.07, 6.45) is 0. The van der Waals surface area contributed by atoms with Gasteiger partial charge in [0.25, 0.3) is 0 Å². The number of nitrogens with zero attached hydrogens (tertiary/aromatic N) is 2. The molecule has 0 aromatic heterocycles. The Morgan fingerprint density at radius 3 is 2.80 bits per heavy atom. The Hall–Kier alpha value is -1.29. The fourth-order valence-corrected chi connectivity index (χ4v) is 2.81. The molecular weight excluding hydrogens is 322 g/mol. The quantitative estimate of drug-likeness (QED) is 0.905. The van der Waals surface area contributed by atoms with Crippen molar-refractivity contribution in [1.82, 2.24) is 10.2 Å². The Morgan fingerprint density at radius 1 is 1.40 bits per heavy atom. The summed E-state index contributed by atoms with van der Waals surface area (Å²) in [5.74, 6) is 1.57. The molecule has 1 unspecified atom stereocenters. The van der Waals surface area contributed by atoms with Gasteiger partial charge in [0, 0.05) is 31.7 Å². The number of hydrogen-bond acceptors (Lipinski definition) is 5. The molecule has 108 valence electrons. The highest BCUT2D eigenvalue weighted by Gasteiger charge is 2.23. The van der Waals surface area contributed by atoms with Crippen LogP contribution in [0.1, 0.15) is 5.56 Å². The minimum absolute atomic E-state index is 0.108. The van der Waals surface area contributed by atoms with E-state index in [9.17, 15) is 5.26 Å². The lowest BCUT2D eigenvalue weighted by atomic mass is 10.1. The van der Waals surface area contributed by atoms with Crippen LogP contribution in [0.4, 0.5) is 0 Å². The second-order valence-electron chi connectivity index (χ2n) is 4.62. The molecule has 1 N–H and O–H groups in total. The Bertz CT molecular complexity index is 516. The molecule has 1 heterocycles. The third-order valence-corrected chi connectivity index (χ3v) is 4.05. The number of halogens is 1. The van der Waals surface area contributed by atoms with Crippen molar-refractivity contribution in [3.8, 4) is 17.6 Å². The number of piperazine rings is 1. The first-order valence-corrected chi connectivity index (χ1v) is 7.23. The van der Waals surface area contributed by atoms with Crippen LogP contribution in [0.25, 0.3) is 0 Å². The molecule has 0 saturated carbocycles. The van der Waals surface area contributed by atoms with Crippen molar-refractivity contribution in [2.45, 2.75) is 12.6 Å². The first-order valence-electron chi connectivity index (χ1n) is 6.44. The number of hydrogen-bond donors (Lipinski definition) is 1. The van der Waals surface area contributed by atoms with Crippen molar-refractivity contribution >= 4 is 15.9 Å². The Morgan fingerprint density at radius 2 is 2.15 bits per heavy atom. The molecule has 0 aliphatic carbocycles. The van der Waals surface area contributed by atoms with Crippen molar-refractivity contribution in [1.29, 1.82) is 5.26 Å². The average Bonchev–Trinajstić information content (AvgIpc) is 2.49. The molecule has 2 rings (SSSR count). The van der Waals surface area contributed by atoms with Gasteiger partial charge in [-0.15, -0.1) is 0 Å². The molecule has 1 saturated heterocycles. The van der Waals surface area contributed by atoms with Gasteiger partial charge in [-0.2, -0.15) is 5.26 Å². The van der Waals surface area contributed by atoms with Crippen molar-refractivity contribution in [2.75, 3.05) is 33.9 Å². The van der Waals surface area contributed by atoms with Crippen LogP contribution in [-0.4, -0.2) is 44.8 Å². The monoisotopic (exact) mass is 339 g/mol.